The number of ether oxygens (including phenoxy) is 1. The van der Waals surface area contributed by atoms with Crippen LogP contribution in [0.4, 0.5) is 0 Å². The summed E-state index contributed by atoms with van der Waals surface area (Å²) >= 11 is 0. The van der Waals surface area contributed by atoms with Crippen molar-refractivity contribution in [2.24, 2.45) is 23.7 Å². The number of rotatable bonds is 6. The summed E-state index contributed by atoms with van der Waals surface area (Å²) in [4.78, 5) is 15.2. The summed E-state index contributed by atoms with van der Waals surface area (Å²) in [5, 5.41) is 7.69. The first-order valence-corrected chi connectivity index (χ1v) is 9.36. The first-order valence-electron chi connectivity index (χ1n) is 9.36. The standard InChI is InChI=1S/C19H27N3O2/c1-24-9-3-8-22(19(23)13-6-7-20-21-12-13)18-11-14-10-17(18)16-5-2-4-15(14)16/h6-7,12,14-18H,2-5,8-11H2,1H3/t14-,15-,16-,17+,18-/m1/s1. The molecule has 5 heteroatoms. The van der Waals surface area contributed by atoms with Crippen LogP contribution in [0.15, 0.2) is 18.5 Å². The summed E-state index contributed by atoms with van der Waals surface area (Å²) in [5.41, 5.74) is 0.660. The van der Waals surface area contributed by atoms with Crippen molar-refractivity contribution >= 4 is 5.91 Å². The van der Waals surface area contributed by atoms with Gasteiger partial charge in [-0.2, -0.15) is 10.2 Å². The van der Waals surface area contributed by atoms with E-state index in [0.29, 0.717) is 24.1 Å². The lowest BCUT2D eigenvalue weighted by atomic mass is 9.78. The van der Waals surface area contributed by atoms with E-state index >= 15 is 0 Å². The van der Waals surface area contributed by atoms with Crippen molar-refractivity contribution < 1.29 is 9.53 Å². The molecule has 0 radical (unpaired) electrons. The summed E-state index contributed by atoms with van der Waals surface area (Å²) in [6, 6.07) is 2.19. The maximum atomic E-state index is 13.1. The number of amides is 1. The lowest BCUT2D eigenvalue weighted by molar-refractivity contribution is 0.0493. The van der Waals surface area contributed by atoms with Crippen molar-refractivity contribution in [3.8, 4) is 0 Å². The quantitative estimate of drug-likeness (QED) is 0.753. The van der Waals surface area contributed by atoms with E-state index in [9.17, 15) is 4.79 Å². The van der Waals surface area contributed by atoms with Gasteiger partial charge in [0.1, 0.15) is 0 Å². The zero-order valence-corrected chi connectivity index (χ0v) is 14.4. The van der Waals surface area contributed by atoms with Gasteiger partial charge in [-0.05, 0) is 61.8 Å². The van der Waals surface area contributed by atoms with Gasteiger partial charge in [-0.3, -0.25) is 4.79 Å². The highest BCUT2D eigenvalue weighted by atomic mass is 16.5. The number of hydrogen-bond donors (Lipinski definition) is 0. The van der Waals surface area contributed by atoms with Crippen molar-refractivity contribution in [3.05, 3.63) is 24.0 Å². The number of carbonyl (C=O) groups is 1. The van der Waals surface area contributed by atoms with E-state index in [-0.39, 0.29) is 5.91 Å². The lowest BCUT2D eigenvalue weighted by Crippen LogP contribution is -2.47. The molecule has 1 aromatic heterocycles. The largest absolute Gasteiger partial charge is 0.385 e. The van der Waals surface area contributed by atoms with E-state index in [1.165, 1.54) is 32.1 Å². The Hall–Kier alpha value is -1.49. The number of fused-ring (bicyclic) bond motifs is 5. The number of hydrogen-bond acceptors (Lipinski definition) is 4. The van der Waals surface area contributed by atoms with Crippen molar-refractivity contribution in [2.75, 3.05) is 20.3 Å². The summed E-state index contributed by atoms with van der Waals surface area (Å²) in [7, 11) is 1.72. The average Bonchev–Trinajstić information content (AvgIpc) is 3.31. The van der Waals surface area contributed by atoms with Crippen molar-refractivity contribution in [3.63, 3.8) is 0 Å². The molecule has 4 rings (SSSR count). The van der Waals surface area contributed by atoms with Gasteiger partial charge in [0, 0.05) is 26.3 Å². The van der Waals surface area contributed by atoms with Gasteiger partial charge in [-0.15, -0.1) is 0 Å². The van der Waals surface area contributed by atoms with E-state index in [1.54, 1.807) is 25.6 Å². The summed E-state index contributed by atoms with van der Waals surface area (Å²) in [5.74, 6) is 3.49. The smallest absolute Gasteiger partial charge is 0.255 e. The van der Waals surface area contributed by atoms with E-state index in [1.807, 2.05) is 0 Å². The highest BCUT2D eigenvalue weighted by Crippen LogP contribution is 2.59. The Balaban J connectivity index is 1.53. The number of carbonyl (C=O) groups excluding carboxylic acids is 1. The monoisotopic (exact) mass is 329 g/mol. The molecule has 5 atom stereocenters. The molecule has 3 aliphatic carbocycles. The van der Waals surface area contributed by atoms with Crippen LogP contribution in [-0.2, 0) is 4.74 Å². The van der Waals surface area contributed by atoms with Crippen LogP contribution < -0.4 is 0 Å². The Morgan fingerprint density at radius 2 is 2.12 bits per heavy atom. The summed E-state index contributed by atoms with van der Waals surface area (Å²) in [6.07, 6.45) is 10.8. The normalized spacial score (nSPS) is 33.6. The molecule has 3 fully saturated rings. The third kappa shape index (κ3) is 2.73. The van der Waals surface area contributed by atoms with E-state index in [2.05, 4.69) is 15.1 Å². The lowest BCUT2D eigenvalue weighted by Gasteiger charge is -2.39. The number of nitrogens with zero attached hydrogens (tertiary/aromatic N) is 3. The molecule has 1 heterocycles. The average molecular weight is 329 g/mol. The first kappa shape index (κ1) is 16.0. The molecule has 0 N–H and O–H groups in total. The van der Waals surface area contributed by atoms with Gasteiger partial charge in [0.2, 0.25) is 0 Å². The van der Waals surface area contributed by atoms with Gasteiger partial charge in [0.25, 0.3) is 5.91 Å². The topological polar surface area (TPSA) is 55.3 Å². The molecule has 130 valence electrons. The Kier molecular flexibility index (Phi) is 4.53. The fourth-order valence-corrected chi connectivity index (χ4v) is 5.77. The van der Waals surface area contributed by atoms with Crippen LogP contribution in [-0.4, -0.2) is 47.3 Å². The molecular formula is C19H27N3O2. The van der Waals surface area contributed by atoms with Gasteiger partial charge in [0.05, 0.1) is 18.0 Å². The van der Waals surface area contributed by atoms with Gasteiger partial charge >= 0.3 is 0 Å². The SMILES string of the molecule is COCCCN(C(=O)c1ccnnc1)[C@@H]1C[C@H]2C[C@H]1[C@@H]1CCC[C@H]21. The molecule has 3 saturated carbocycles. The van der Waals surface area contributed by atoms with E-state index in [0.717, 1.165) is 30.7 Å². The maximum absolute atomic E-state index is 13.1. The number of aromatic nitrogens is 2. The first-order chi connectivity index (χ1) is 11.8. The second-order valence-electron chi connectivity index (χ2n) is 7.70. The predicted molar refractivity (Wildman–Crippen MR) is 90.4 cm³/mol. The fraction of sp³-hybridized carbons (Fsp3) is 0.737. The van der Waals surface area contributed by atoms with Crippen molar-refractivity contribution in [1.82, 2.24) is 15.1 Å². The molecule has 0 aliphatic heterocycles. The van der Waals surface area contributed by atoms with Crippen LogP contribution in [0.5, 0.6) is 0 Å². The molecule has 24 heavy (non-hydrogen) atoms. The van der Waals surface area contributed by atoms with Gasteiger partial charge < -0.3 is 9.64 Å². The molecule has 0 unspecified atom stereocenters. The second kappa shape index (κ2) is 6.79. The molecule has 0 aromatic carbocycles. The molecule has 0 saturated heterocycles. The van der Waals surface area contributed by atoms with Gasteiger partial charge in [-0.25, -0.2) is 0 Å². The number of methoxy groups -OCH3 is 1. The zero-order valence-electron chi connectivity index (χ0n) is 14.4. The van der Waals surface area contributed by atoms with E-state index < -0.39 is 0 Å². The van der Waals surface area contributed by atoms with Crippen molar-refractivity contribution in [1.29, 1.82) is 0 Å². The molecule has 5 nitrogen and oxygen atoms in total. The minimum absolute atomic E-state index is 0.119. The zero-order chi connectivity index (χ0) is 16.5. The third-order valence-corrected chi connectivity index (χ3v) is 6.63. The van der Waals surface area contributed by atoms with Gasteiger partial charge in [-0.1, -0.05) is 6.42 Å². The molecule has 1 amide bonds. The molecular weight excluding hydrogens is 302 g/mol. The highest BCUT2D eigenvalue weighted by molar-refractivity contribution is 5.94. The van der Waals surface area contributed by atoms with Gasteiger partial charge in [0.15, 0.2) is 0 Å². The summed E-state index contributed by atoms with van der Waals surface area (Å²) < 4.78 is 5.21. The Bertz CT molecular complexity index is 579. The van der Waals surface area contributed by atoms with Crippen LogP contribution >= 0.6 is 0 Å². The maximum Gasteiger partial charge on any atom is 0.255 e. The molecule has 3 aliphatic rings. The summed E-state index contributed by atoms with van der Waals surface area (Å²) in [6.45, 7) is 1.48. The van der Waals surface area contributed by atoms with Crippen molar-refractivity contribution in [2.45, 2.75) is 44.6 Å². The Morgan fingerprint density at radius 3 is 2.92 bits per heavy atom. The van der Waals surface area contributed by atoms with E-state index in [4.69, 9.17) is 4.74 Å². The van der Waals surface area contributed by atoms with Crippen LogP contribution in [0.25, 0.3) is 0 Å². The van der Waals surface area contributed by atoms with Crippen LogP contribution in [0.2, 0.25) is 0 Å². The second-order valence-corrected chi connectivity index (χ2v) is 7.70. The minimum Gasteiger partial charge on any atom is -0.385 e. The van der Waals surface area contributed by atoms with Crippen LogP contribution in [0.1, 0.15) is 48.9 Å². The van der Waals surface area contributed by atoms with Crippen LogP contribution in [0.3, 0.4) is 0 Å². The molecule has 0 spiro atoms. The molecule has 2 bridgehead atoms. The van der Waals surface area contributed by atoms with Crippen LogP contribution in [0, 0.1) is 23.7 Å². The Morgan fingerprint density at radius 1 is 1.25 bits per heavy atom. The minimum atomic E-state index is 0.119. The predicted octanol–water partition coefficient (Wildman–Crippen LogP) is 2.78. The highest BCUT2D eigenvalue weighted by Gasteiger charge is 2.55. The Labute approximate surface area is 143 Å². The fourth-order valence-electron chi connectivity index (χ4n) is 5.77. The third-order valence-electron chi connectivity index (χ3n) is 6.63. The molecule has 1 aromatic rings.